The molecule has 1 aromatic carbocycles. The van der Waals surface area contributed by atoms with Crippen molar-refractivity contribution in [1.29, 1.82) is 0 Å². The molecule has 1 unspecified atom stereocenters. The van der Waals surface area contributed by atoms with Crippen molar-refractivity contribution in [1.82, 2.24) is 0 Å². The van der Waals surface area contributed by atoms with Gasteiger partial charge in [0, 0.05) is 11.1 Å². The second-order valence-corrected chi connectivity index (χ2v) is 4.87. The van der Waals surface area contributed by atoms with Gasteiger partial charge in [0.1, 0.15) is 11.3 Å². The Hall–Kier alpha value is -2.13. The van der Waals surface area contributed by atoms with Crippen LogP contribution in [0.15, 0.2) is 76.8 Å². The van der Waals surface area contributed by atoms with Crippen LogP contribution in [0.25, 0.3) is 0 Å². The molecule has 1 aromatic rings. The van der Waals surface area contributed by atoms with Gasteiger partial charge < -0.3 is 5.73 Å². The van der Waals surface area contributed by atoms with Crippen LogP contribution in [-0.4, -0.2) is 17.2 Å². The van der Waals surface area contributed by atoms with E-state index in [0.29, 0.717) is 11.7 Å². The molecule has 0 spiro atoms. The maximum absolute atomic E-state index is 6.04. The van der Waals surface area contributed by atoms with Gasteiger partial charge in [0.05, 0.1) is 0 Å². The quantitative estimate of drug-likeness (QED) is 0.288. The zero-order chi connectivity index (χ0) is 15.7. The number of benzene rings is 1. The molecule has 1 rings (SSSR count). The van der Waals surface area contributed by atoms with Gasteiger partial charge >= 0.3 is 0 Å². The SMILES string of the molecule is C=CC(=C\C=C/C)/C(N)=N\C(=N/C(C)Cl)c1ccccc1. The number of hydrogen-bond acceptors (Lipinski definition) is 1. The first-order chi connectivity index (χ1) is 10.1. The van der Waals surface area contributed by atoms with E-state index in [0.717, 1.165) is 11.1 Å². The Morgan fingerprint density at radius 3 is 2.52 bits per heavy atom. The molecule has 0 aromatic heterocycles. The van der Waals surface area contributed by atoms with Crippen molar-refractivity contribution in [2.24, 2.45) is 15.7 Å². The molecule has 21 heavy (non-hydrogen) atoms. The Kier molecular flexibility index (Phi) is 7.19. The third kappa shape index (κ3) is 5.79. The van der Waals surface area contributed by atoms with Gasteiger partial charge in [-0.3, -0.25) is 0 Å². The molecule has 2 N–H and O–H groups in total. The number of aliphatic imine (C=N–C) groups is 2. The van der Waals surface area contributed by atoms with Crippen LogP contribution in [0.1, 0.15) is 19.4 Å². The van der Waals surface area contributed by atoms with Gasteiger partial charge in [-0.1, -0.05) is 72.8 Å². The number of hydrogen-bond donors (Lipinski definition) is 1. The van der Waals surface area contributed by atoms with E-state index in [-0.39, 0.29) is 5.50 Å². The summed E-state index contributed by atoms with van der Waals surface area (Å²) in [7, 11) is 0. The lowest BCUT2D eigenvalue weighted by molar-refractivity contribution is 1.02. The molecule has 0 saturated carbocycles. The fourth-order valence-electron chi connectivity index (χ4n) is 1.56. The summed E-state index contributed by atoms with van der Waals surface area (Å²) in [5.41, 5.74) is 7.25. The number of allylic oxidation sites excluding steroid dienone is 3. The van der Waals surface area contributed by atoms with E-state index < -0.39 is 0 Å². The van der Waals surface area contributed by atoms with E-state index in [2.05, 4.69) is 16.6 Å². The van der Waals surface area contributed by atoms with Crippen molar-refractivity contribution in [2.75, 3.05) is 0 Å². The van der Waals surface area contributed by atoms with Crippen molar-refractivity contribution in [3.63, 3.8) is 0 Å². The second kappa shape index (κ2) is 8.93. The fraction of sp³-hybridized carbons (Fsp3) is 0.176. The summed E-state index contributed by atoms with van der Waals surface area (Å²) in [5.74, 6) is 0.854. The zero-order valence-electron chi connectivity index (χ0n) is 12.3. The van der Waals surface area contributed by atoms with Crippen molar-refractivity contribution >= 4 is 23.3 Å². The first kappa shape index (κ1) is 16.9. The summed E-state index contributed by atoms with van der Waals surface area (Å²) in [4.78, 5) is 8.72. The Labute approximate surface area is 131 Å². The van der Waals surface area contributed by atoms with Gasteiger partial charge in [-0.15, -0.1) is 0 Å². The Bertz CT molecular complexity index is 581. The minimum Gasteiger partial charge on any atom is -0.383 e. The maximum Gasteiger partial charge on any atom is 0.158 e. The van der Waals surface area contributed by atoms with Crippen LogP contribution in [0.2, 0.25) is 0 Å². The van der Waals surface area contributed by atoms with Crippen LogP contribution < -0.4 is 5.73 Å². The average Bonchev–Trinajstić information content (AvgIpc) is 2.48. The van der Waals surface area contributed by atoms with Gasteiger partial charge in [0.25, 0.3) is 0 Å². The molecule has 0 fully saturated rings. The average molecular weight is 302 g/mol. The second-order valence-electron chi connectivity index (χ2n) is 4.24. The van der Waals surface area contributed by atoms with Gasteiger partial charge in [0.15, 0.2) is 5.84 Å². The summed E-state index contributed by atoms with van der Waals surface area (Å²) in [5, 5.41) is 0. The largest absolute Gasteiger partial charge is 0.383 e. The molecule has 0 amide bonds. The Morgan fingerprint density at radius 2 is 2.00 bits per heavy atom. The lowest BCUT2D eigenvalue weighted by Gasteiger charge is -2.06. The molecule has 0 heterocycles. The first-order valence-electron chi connectivity index (χ1n) is 6.65. The van der Waals surface area contributed by atoms with Crippen LogP contribution in [0.5, 0.6) is 0 Å². The van der Waals surface area contributed by atoms with E-state index in [1.165, 1.54) is 0 Å². The number of alkyl halides is 1. The molecule has 0 aliphatic rings. The predicted molar refractivity (Wildman–Crippen MR) is 93.0 cm³/mol. The Morgan fingerprint density at radius 1 is 1.33 bits per heavy atom. The minimum absolute atomic E-state index is 0.350. The molecular formula is C17H20ClN3. The summed E-state index contributed by atoms with van der Waals surface area (Å²) in [6.07, 6.45) is 7.29. The van der Waals surface area contributed by atoms with E-state index in [1.807, 2.05) is 55.5 Å². The monoisotopic (exact) mass is 301 g/mol. The van der Waals surface area contributed by atoms with Crippen molar-refractivity contribution in [3.05, 3.63) is 72.4 Å². The smallest absolute Gasteiger partial charge is 0.158 e. The highest BCUT2D eigenvalue weighted by atomic mass is 35.5. The molecule has 0 bridgehead atoms. The van der Waals surface area contributed by atoms with Crippen LogP contribution in [0.3, 0.4) is 0 Å². The van der Waals surface area contributed by atoms with E-state index in [4.69, 9.17) is 17.3 Å². The molecule has 0 saturated heterocycles. The van der Waals surface area contributed by atoms with Gasteiger partial charge in [-0.25, -0.2) is 9.98 Å². The number of nitrogens with zero attached hydrogens (tertiary/aromatic N) is 2. The van der Waals surface area contributed by atoms with Crippen LogP contribution >= 0.6 is 11.6 Å². The number of nitrogens with two attached hydrogens (primary N) is 1. The number of halogens is 1. The summed E-state index contributed by atoms with van der Waals surface area (Å²) in [6, 6.07) is 9.59. The predicted octanol–water partition coefficient (Wildman–Crippen LogP) is 4.06. The van der Waals surface area contributed by atoms with Gasteiger partial charge in [-0.05, 0) is 13.8 Å². The first-order valence-corrected chi connectivity index (χ1v) is 7.09. The normalized spacial score (nSPS) is 15.3. The molecule has 110 valence electrons. The topological polar surface area (TPSA) is 50.7 Å². The molecule has 0 radical (unpaired) electrons. The molecule has 3 nitrogen and oxygen atoms in total. The standard InChI is InChI=1S/C17H20ClN3/c1-4-6-10-14(5-2)16(19)21-17(20-13(3)18)15-11-8-7-9-12-15/h4-13H,2H2,1,3H3,(H2,19,20,21)/b6-4-,14-10+. The van der Waals surface area contributed by atoms with E-state index >= 15 is 0 Å². The Balaban J connectivity index is 3.23. The third-order valence-corrected chi connectivity index (χ3v) is 2.64. The van der Waals surface area contributed by atoms with Crippen LogP contribution in [-0.2, 0) is 0 Å². The van der Waals surface area contributed by atoms with Crippen molar-refractivity contribution in [2.45, 2.75) is 19.3 Å². The number of amidine groups is 2. The van der Waals surface area contributed by atoms with Crippen molar-refractivity contribution in [3.8, 4) is 0 Å². The van der Waals surface area contributed by atoms with E-state index in [9.17, 15) is 0 Å². The molecular weight excluding hydrogens is 282 g/mol. The third-order valence-electron chi connectivity index (χ3n) is 2.54. The highest BCUT2D eigenvalue weighted by Crippen LogP contribution is 2.08. The maximum atomic E-state index is 6.04. The fourth-order valence-corrected chi connectivity index (χ4v) is 1.65. The molecule has 0 aliphatic carbocycles. The molecule has 0 aliphatic heterocycles. The lowest BCUT2D eigenvalue weighted by atomic mass is 10.2. The summed E-state index contributed by atoms with van der Waals surface area (Å²) in [6.45, 7) is 7.45. The summed E-state index contributed by atoms with van der Waals surface area (Å²) >= 11 is 5.96. The highest BCUT2D eigenvalue weighted by Gasteiger charge is 2.06. The number of rotatable bonds is 5. The molecule has 4 heteroatoms. The molecule has 1 atom stereocenters. The van der Waals surface area contributed by atoms with Crippen molar-refractivity contribution < 1.29 is 0 Å². The summed E-state index contributed by atoms with van der Waals surface area (Å²) < 4.78 is 0. The highest BCUT2D eigenvalue weighted by molar-refractivity contribution is 6.21. The minimum atomic E-state index is -0.386. The van der Waals surface area contributed by atoms with Gasteiger partial charge in [0.2, 0.25) is 0 Å². The lowest BCUT2D eigenvalue weighted by Crippen LogP contribution is -2.17. The zero-order valence-corrected chi connectivity index (χ0v) is 13.1. The van der Waals surface area contributed by atoms with Crippen LogP contribution in [0.4, 0.5) is 0 Å². The van der Waals surface area contributed by atoms with E-state index in [1.54, 1.807) is 13.0 Å². The van der Waals surface area contributed by atoms with Crippen LogP contribution in [0, 0.1) is 0 Å². The van der Waals surface area contributed by atoms with Gasteiger partial charge in [-0.2, -0.15) is 0 Å².